The molecule has 0 saturated heterocycles. The summed E-state index contributed by atoms with van der Waals surface area (Å²) in [5.74, 6) is -7.33. The van der Waals surface area contributed by atoms with E-state index in [2.05, 4.69) is 5.10 Å². The van der Waals surface area contributed by atoms with Crippen LogP contribution in [0.5, 0.6) is 0 Å². The summed E-state index contributed by atoms with van der Waals surface area (Å²) in [6.07, 6.45) is -0.213. The van der Waals surface area contributed by atoms with Crippen molar-refractivity contribution in [3.63, 3.8) is 0 Å². The highest BCUT2D eigenvalue weighted by Gasteiger charge is 2.21. The third kappa shape index (κ3) is 3.47. The van der Waals surface area contributed by atoms with Crippen LogP contribution in [0.1, 0.15) is 17.8 Å². The lowest BCUT2D eigenvalue weighted by Gasteiger charge is -2.09. The number of halogens is 5. The summed E-state index contributed by atoms with van der Waals surface area (Å²) in [5, 5.41) is 6.37. The molecule has 1 amide bonds. The van der Waals surface area contributed by atoms with Crippen LogP contribution in [0.15, 0.2) is 6.07 Å². The molecule has 0 radical (unpaired) electrons. The van der Waals surface area contributed by atoms with E-state index in [9.17, 15) is 22.4 Å². The van der Waals surface area contributed by atoms with Crippen LogP contribution in [0.25, 0.3) is 0 Å². The summed E-state index contributed by atoms with van der Waals surface area (Å²) in [4.78, 5) is 11.8. The van der Waals surface area contributed by atoms with Gasteiger partial charge < -0.3 is 5.32 Å². The monoisotopic (exact) mass is 349 g/mol. The van der Waals surface area contributed by atoms with Crippen molar-refractivity contribution in [2.24, 2.45) is 0 Å². The number of amides is 1. The van der Waals surface area contributed by atoms with E-state index in [0.29, 0.717) is 16.4 Å². The van der Waals surface area contributed by atoms with Crippen LogP contribution in [0.4, 0.5) is 23.2 Å². The fourth-order valence-electron chi connectivity index (χ4n) is 1.99. The summed E-state index contributed by atoms with van der Waals surface area (Å²) < 4.78 is 54.5. The molecular formula is C14H12ClF4N3O. The second-order valence-electron chi connectivity index (χ2n) is 4.85. The van der Waals surface area contributed by atoms with Crippen LogP contribution in [0, 0.1) is 37.1 Å². The average molecular weight is 350 g/mol. The number of hydrogen-bond donors (Lipinski definition) is 1. The van der Waals surface area contributed by atoms with E-state index in [1.54, 1.807) is 13.8 Å². The van der Waals surface area contributed by atoms with Crippen molar-refractivity contribution < 1.29 is 22.4 Å². The molecule has 9 heteroatoms. The minimum absolute atomic E-state index is 0.0677. The summed E-state index contributed by atoms with van der Waals surface area (Å²) in [6, 6.07) is 0.0677. The number of carbonyl (C=O) groups is 1. The molecule has 124 valence electrons. The van der Waals surface area contributed by atoms with Crippen molar-refractivity contribution in [1.82, 2.24) is 9.78 Å². The van der Waals surface area contributed by atoms with Crippen molar-refractivity contribution in [2.45, 2.75) is 26.8 Å². The van der Waals surface area contributed by atoms with E-state index < -0.39 is 34.9 Å². The van der Waals surface area contributed by atoms with E-state index in [4.69, 9.17) is 11.6 Å². The van der Waals surface area contributed by atoms with Crippen molar-refractivity contribution in [3.05, 3.63) is 45.7 Å². The summed E-state index contributed by atoms with van der Waals surface area (Å²) in [5.41, 5.74) is 0.0545. The lowest BCUT2D eigenvalue weighted by Crippen LogP contribution is -2.18. The van der Waals surface area contributed by atoms with Gasteiger partial charge >= 0.3 is 0 Å². The number of aryl methyl sites for hydroxylation is 2. The molecule has 4 nitrogen and oxygen atoms in total. The van der Waals surface area contributed by atoms with E-state index in [-0.39, 0.29) is 19.0 Å². The minimum atomic E-state index is -1.66. The van der Waals surface area contributed by atoms with Crippen LogP contribution in [-0.2, 0) is 11.3 Å². The summed E-state index contributed by atoms with van der Waals surface area (Å²) >= 11 is 5.95. The van der Waals surface area contributed by atoms with Gasteiger partial charge in [-0.2, -0.15) is 5.10 Å². The maximum atomic E-state index is 13.5. The number of nitrogens with one attached hydrogen (secondary N) is 1. The zero-order chi connectivity index (χ0) is 17.3. The van der Waals surface area contributed by atoms with Crippen molar-refractivity contribution >= 4 is 23.2 Å². The Kier molecular flexibility index (Phi) is 4.93. The van der Waals surface area contributed by atoms with Gasteiger partial charge in [-0.15, -0.1) is 0 Å². The van der Waals surface area contributed by atoms with Gasteiger partial charge in [0.25, 0.3) is 0 Å². The molecule has 1 aromatic carbocycles. The number of nitrogens with zero attached hydrogens (tertiary/aromatic N) is 2. The second kappa shape index (κ2) is 6.57. The van der Waals surface area contributed by atoms with Gasteiger partial charge in [-0.05, 0) is 13.8 Å². The molecule has 0 saturated carbocycles. The molecule has 0 aliphatic rings. The largest absolute Gasteiger partial charge is 0.321 e. The Labute approximate surface area is 134 Å². The molecule has 2 aromatic rings. The molecule has 0 atom stereocenters. The first-order chi connectivity index (χ1) is 10.7. The Bertz CT molecular complexity index is 750. The highest BCUT2D eigenvalue weighted by Crippen LogP contribution is 2.24. The molecule has 2 rings (SSSR count). The Hall–Kier alpha value is -2.09. The molecule has 0 spiro atoms. The molecule has 0 aliphatic carbocycles. The first-order valence-corrected chi connectivity index (χ1v) is 6.92. The topological polar surface area (TPSA) is 46.9 Å². The van der Waals surface area contributed by atoms with Crippen LogP contribution < -0.4 is 5.32 Å². The van der Waals surface area contributed by atoms with Gasteiger partial charge in [0.05, 0.1) is 23.0 Å². The van der Waals surface area contributed by atoms with E-state index in [1.165, 1.54) is 4.68 Å². The van der Waals surface area contributed by atoms with Crippen LogP contribution in [-0.4, -0.2) is 15.7 Å². The van der Waals surface area contributed by atoms with Gasteiger partial charge in [0, 0.05) is 12.5 Å². The van der Waals surface area contributed by atoms with Crippen LogP contribution in [0.2, 0.25) is 5.02 Å². The molecule has 1 N–H and O–H groups in total. The molecule has 0 aliphatic heterocycles. The second-order valence-corrected chi connectivity index (χ2v) is 5.23. The molecule has 1 aromatic heterocycles. The molecular weight excluding hydrogens is 338 g/mol. The Morgan fingerprint density at radius 1 is 1.22 bits per heavy atom. The fraction of sp³-hybridized carbons (Fsp3) is 0.286. The SMILES string of the molecule is Cc1nn(CCC(=O)Nc2c(F)c(F)cc(F)c2F)c(C)c1Cl. The van der Waals surface area contributed by atoms with Gasteiger partial charge in [-0.3, -0.25) is 9.48 Å². The van der Waals surface area contributed by atoms with Gasteiger partial charge in [-0.25, -0.2) is 17.6 Å². The highest BCUT2D eigenvalue weighted by atomic mass is 35.5. The summed E-state index contributed by atoms with van der Waals surface area (Å²) in [6.45, 7) is 3.47. The minimum Gasteiger partial charge on any atom is -0.321 e. The van der Waals surface area contributed by atoms with E-state index in [0.717, 1.165) is 0 Å². The molecule has 23 heavy (non-hydrogen) atoms. The predicted octanol–water partition coefficient (Wildman–Crippen LogP) is 3.74. The lowest BCUT2D eigenvalue weighted by molar-refractivity contribution is -0.116. The van der Waals surface area contributed by atoms with Gasteiger partial charge in [0.2, 0.25) is 5.91 Å². The zero-order valence-electron chi connectivity index (χ0n) is 12.2. The van der Waals surface area contributed by atoms with Gasteiger partial charge in [0.1, 0.15) is 5.69 Å². The normalized spacial score (nSPS) is 10.9. The number of hydrogen-bond acceptors (Lipinski definition) is 2. The maximum absolute atomic E-state index is 13.5. The number of rotatable bonds is 4. The number of benzene rings is 1. The van der Waals surface area contributed by atoms with Crippen molar-refractivity contribution in [3.8, 4) is 0 Å². The first-order valence-electron chi connectivity index (χ1n) is 6.54. The third-order valence-corrected chi connectivity index (χ3v) is 3.77. The Morgan fingerprint density at radius 2 is 1.78 bits per heavy atom. The lowest BCUT2D eigenvalue weighted by atomic mass is 10.2. The standard InChI is InChI=1S/C14H12ClF4N3O/c1-6-11(15)7(2)22(21-6)4-3-10(23)20-14-12(18)8(16)5-9(17)13(14)19/h5H,3-4H2,1-2H3,(H,20,23). The van der Waals surface area contributed by atoms with E-state index in [1.807, 2.05) is 5.32 Å². The van der Waals surface area contributed by atoms with Crippen molar-refractivity contribution in [2.75, 3.05) is 5.32 Å². The molecule has 0 unspecified atom stereocenters. The average Bonchev–Trinajstić information content (AvgIpc) is 2.74. The molecule has 1 heterocycles. The van der Waals surface area contributed by atoms with Gasteiger partial charge in [0.15, 0.2) is 23.3 Å². The predicted molar refractivity (Wildman–Crippen MR) is 76.2 cm³/mol. The van der Waals surface area contributed by atoms with Gasteiger partial charge in [-0.1, -0.05) is 11.6 Å². The Balaban J connectivity index is 2.10. The number of aromatic nitrogens is 2. The summed E-state index contributed by atoms with van der Waals surface area (Å²) in [7, 11) is 0. The quantitative estimate of drug-likeness (QED) is 0.675. The molecule has 0 fully saturated rings. The van der Waals surface area contributed by atoms with Crippen LogP contribution >= 0.6 is 11.6 Å². The molecule has 0 bridgehead atoms. The third-order valence-electron chi connectivity index (χ3n) is 3.22. The Morgan fingerprint density at radius 3 is 2.26 bits per heavy atom. The maximum Gasteiger partial charge on any atom is 0.226 e. The van der Waals surface area contributed by atoms with E-state index >= 15 is 0 Å². The number of carbonyl (C=O) groups excluding carboxylic acids is 1. The fourth-order valence-corrected chi connectivity index (χ4v) is 2.12. The van der Waals surface area contributed by atoms with Crippen molar-refractivity contribution in [1.29, 1.82) is 0 Å². The van der Waals surface area contributed by atoms with Crippen LogP contribution in [0.3, 0.4) is 0 Å². The number of anilines is 1. The zero-order valence-corrected chi connectivity index (χ0v) is 12.9. The highest BCUT2D eigenvalue weighted by molar-refractivity contribution is 6.31. The smallest absolute Gasteiger partial charge is 0.226 e. The first kappa shape index (κ1) is 17.3.